The van der Waals surface area contributed by atoms with Crippen molar-refractivity contribution in [3.8, 4) is 11.5 Å². The zero-order chi connectivity index (χ0) is 16.3. The van der Waals surface area contributed by atoms with Gasteiger partial charge in [-0.15, -0.1) is 0 Å². The molecule has 0 atom stereocenters. The number of benzene rings is 2. The predicted molar refractivity (Wildman–Crippen MR) is 86.1 cm³/mol. The van der Waals surface area contributed by atoms with Crippen LogP contribution in [0, 0.1) is 5.82 Å². The molecule has 1 N–H and O–H groups in total. The molecule has 0 saturated heterocycles. The number of nitrogens with one attached hydrogen (secondary N) is 1. The van der Waals surface area contributed by atoms with Crippen molar-refractivity contribution in [2.24, 2.45) is 0 Å². The lowest BCUT2D eigenvalue weighted by atomic mass is 10.3. The molecule has 0 aliphatic carbocycles. The lowest BCUT2D eigenvalue weighted by molar-refractivity contribution is -0.123. The lowest BCUT2D eigenvalue weighted by Crippen LogP contribution is -2.29. The smallest absolute Gasteiger partial charge is 0.257 e. The molecule has 0 aromatic heterocycles. The van der Waals surface area contributed by atoms with Crippen LogP contribution >= 0.6 is 0 Å². The number of halogens is 1. The van der Waals surface area contributed by atoms with E-state index in [1.807, 2.05) is 18.2 Å². The average molecular weight is 317 g/mol. The summed E-state index contributed by atoms with van der Waals surface area (Å²) in [5.74, 6) is 0.896. The van der Waals surface area contributed by atoms with Crippen LogP contribution in [0.5, 0.6) is 11.5 Å². The van der Waals surface area contributed by atoms with E-state index in [1.165, 1.54) is 12.1 Å². The molecule has 1 amide bonds. The van der Waals surface area contributed by atoms with Gasteiger partial charge in [-0.3, -0.25) is 4.79 Å². The Morgan fingerprint density at radius 1 is 0.913 bits per heavy atom. The van der Waals surface area contributed by atoms with E-state index in [0.717, 1.165) is 12.8 Å². The topological polar surface area (TPSA) is 47.6 Å². The van der Waals surface area contributed by atoms with Gasteiger partial charge in [0.2, 0.25) is 0 Å². The molecule has 0 aliphatic heterocycles. The molecule has 0 radical (unpaired) electrons. The minimum Gasteiger partial charge on any atom is -0.494 e. The largest absolute Gasteiger partial charge is 0.494 e. The Bertz CT molecular complexity index is 587. The fraction of sp³-hybridized carbons (Fsp3) is 0.278. The molecule has 0 bridgehead atoms. The molecule has 2 rings (SSSR count). The lowest BCUT2D eigenvalue weighted by Gasteiger charge is -2.08. The normalized spacial score (nSPS) is 10.1. The standard InChI is InChI=1S/C18H20FNO3/c19-15-8-10-17(11-9-15)22-13-5-4-12-20-18(21)14-23-16-6-2-1-3-7-16/h1-3,6-11H,4-5,12-14H2,(H,20,21). The SMILES string of the molecule is O=C(COc1ccccc1)NCCCCOc1ccc(F)cc1. The van der Waals surface area contributed by atoms with E-state index < -0.39 is 0 Å². The number of amides is 1. The Morgan fingerprint density at radius 2 is 1.61 bits per heavy atom. The average Bonchev–Trinajstić information content (AvgIpc) is 2.58. The summed E-state index contributed by atoms with van der Waals surface area (Å²) in [7, 11) is 0. The van der Waals surface area contributed by atoms with E-state index in [4.69, 9.17) is 9.47 Å². The van der Waals surface area contributed by atoms with Crippen LogP contribution in [-0.2, 0) is 4.79 Å². The van der Waals surface area contributed by atoms with Crippen LogP contribution in [0.3, 0.4) is 0 Å². The third-order valence-electron chi connectivity index (χ3n) is 3.09. The summed E-state index contributed by atoms with van der Waals surface area (Å²) in [5, 5.41) is 2.79. The van der Waals surface area contributed by atoms with Gasteiger partial charge in [0.25, 0.3) is 5.91 Å². The molecular formula is C18H20FNO3. The van der Waals surface area contributed by atoms with Crippen molar-refractivity contribution in [3.63, 3.8) is 0 Å². The second kappa shape index (κ2) is 9.46. The first-order valence-electron chi connectivity index (χ1n) is 7.57. The van der Waals surface area contributed by atoms with Crippen molar-refractivity contribution in [3.05, 3.63) is 60.4 Å². The van der Waals surface area contributed by atoms with Crippen molar-refractivity contribution < 1.29 is 18.7 Å². The number of rotatable bonds is 9. The van der Waals surface area contributed by atoms with E-state index in [0.29, 0.717) is 24.7 Å². The summed E-state index contributed by atoms with van der Waals surface area (Å²) in [6.45, 7) is 1.11. The summed E-state index contributed by atoms with van der Waals surface area (Å²) >= 11 is 0. The Morgan fingerprint density at radius 3 is 2.35 bits per heavy atom. The van der Waals surface area contributed by atoms with Crippen LogP contribution in [0.15, 0.2) is 54.6 Å². The first-order chi connectivity index (χ1) is 11.2. The summed E-state index contributed by atoms with van der Waals surface area (Å²) in [5.41, 5.74) is 0. The fourth-order valence-electron chi connectivity index (χ4n) is 1.89. The van der Waals surface area contributed by atoms with E-state index >= 15 is 0 Å². The molecule has 0 unspecified atom stereocenters. The molecule has 0 spiro atoms. The fourth-order valence-corrected chi connectivity index (χ4v) is 1.89. The molecule has 122 valence electrons. The summed E-state index contributed by atoms with van der Waals surface area (Å²) in [4.78, 5) is 11.6. The van der Waals surface area contributed by atoms with Crippen LogP contribution in [0.1, 0.15) is 12.8 Å². The van der Waals surface area contributed by atoms with Crippen LogP contribution in [0.2, 0.25) is 0 Å². The number of carbonyl (C=O) groups excluding carboxylic acids is 1. The van der Waals surface area contributed by atoms with Crippen molar-refractivity contribution in [1.82, 2.24) is 5.32 Å². The van der Waals surface area contributed by atoms with Crippen molar-refractivity contribution in [2.45, 2.75) is 12.8 Å². The van der Waals surface area contributed by atoms with Gasteiger partial charge in [-0.25, -0.2) is 4.39 Å². The second-order valence-electron chi connectivity index (χ2n) is 4.96. The predicted octanol–water partition coefficient (Wildman–Crippen LogP) is 3.18. The van der Waals surface area contributed by atoms with Crippen LogP contribution < -0.4 is 14.8 Å². The molecular weight excluding hydrogens is 297 g/mol. The van der Waals surface area contributed by atoms with E-state index in [9.17, 15) is 9.18 Å². The highest BCUT2D eigenvalue weighted by Crippen LogP contribution is 2.11. The third-order valence-corrected chi connectivity index (χ3v) is 3.09. The van der Waals surface area contributed by atoms with Gasteiger partial charge in [-0.05, 0) is 49.2 Å². The Labute approximate surface area is 135 Å². The highest BCUT2D eigenvalue weighted by molar-refractivity contribution is 5.77. The molecule has 4 nitrogen and oxygen atoms in total. The van der Waals surface area contributed by atoms with Crippen LogP contribution in [0.25, 0.3) is 0 Å². The molecule has 2 aromatic carbocycles. The van der Waals surface area contributed by atoms with Gasteiger partial charge >= 0.3 is 0 Å². The molecule has 2 aromatic rings. The van der Waals surface area contributed by atoms with Crippen molar-refractivity contribution >= 4 is 5.91 Å². The van der Waals surface area contributed by atoms with E-state index in [2.05, 4.69) is 5.32 Å². The molecule has 5 heteroatoms. The Balaban J connectivity index is 1.50. The molecule has 23 heavy (non-hydrogen) atoms. The minimum absolute atomic E-state index is 0.0100. The molecule has 0 saturated carbocycles. The van der Waals surface area contributed by atoms with Crippen LogP contribution in [0.4, 0.5) is 4.39 Å². The number of hydrogen-bond donors (Lipinski definition) is 1. The van der Waals surface area contributed by atoms with Crippen LogP contribution in [-0.4, -0.2) is 25.7 Å². The highest BCUT2D eigenvalue weighted by Gasteiger charge is 2.02. The van der Waals surface area contributed by atoms with Gasteiger partial charge in [0, 0.05) is 6.54 Å². The van der Waals surface area contributed by atoms with Gasteiger partial charge in [0.15, 0.2) is 6.61 Å². The molecule has 0 aliphatic rings. The number of hydrogen-bond acceptors (Lipinski definition) is 3. The summed E-state index contributed by atoms with van der Waals surface area (Å²) < 4.78 is 23.5. The summed E-state index contributed by atoms with van der Waals surface area (Å²) in [6.07, 6.45) is 1.61. The zero-order valence-corrected chi connectivity index (χ0v) is 12.8. The third kappa shape index (κ3) is 6.82. The monoisotopic (exact) mass is 317 g/mol. The zero-order valence-electron chi connectivity index (χ0n) is 12.8. The first kappa shape index (κ1) is 16.8. The Kier molecular flexibility index (Phi) is 6.91. The number of ether oxygens (including phenoxy) is 2. The number of unbranched alkanes of at least 4 members (excludes halogenated alkanes) is 1. The van der Waals surface area contributed by atoms with Gasteiger partial charge in [0.05, 0.1) is 6.61 Å². The first-order valence-corrected chi connectivity index (χ1v) is 7.57. The number of para-hydroxylation sites is 1. The Hall–Kier alpha value is -2.56. The van der Waals surface area contributed by atoms with E-state index in [-0.39, 0.29) is 18.3 Å². The van der Waals surface area contributed by atoms with Gasteiger partial charge < -0.3 is 14.8 Å². The maximum atomic E-state index is 12.7. The molecule has 0 heterocycles. The summed E-state index contributed by atoms with van der Waals surface area (Å²) in [6, 6.07) is 15.1. The maximum absolute atomic E-state index is 12.7. The van der Waals surface area contributed by atoms with Gasteiger partial charge in [-0.1, -0.05) is 18.2 Å². The van der Waals surface area contributed by atoms with Gasteiger partial charge in [0.1, 0.15) is 17.3 Å². The molecule has 0 fully saturated rings. The quantitative estimate of drug-likeness (QED) is 0.723. The van der Waals surface area contributed by atoms with E-state index in [1.54, 1.807) is 24.3 Å². The highest BCUT2D eigenvalue weighted by atomic mass is 19.1. The minimum atomic E-state index is -0.280. The maximum Gasteiger partial charge on any atom is 0.257 e. The number of carbonyl (C=O) groups is 1. The van der Waals surface area contributed by atoms with Gasteiger partial charge in [-0.2, -0.15) is 0 Å². The second-order valence-corrected chi connectivity index (χ2v) is 4.96. The van der Waals surface area contributed by atoms with Crippen molar-refractivity contribution in [1.29, 1.82) is 0 Å². The van der Waals surface area contributed by atoms with Crippen molar-refractivity contribution in [2.75, 3.05) is 19.8 Å².